The minimum atomic E-state index is -5.12. The van der Waals surface area contributed by atoms with Gasteiger partial charge < -0.3 is 14.5 Å². The smallest absolute Gasteiger partial charge is 0.462 e. The number of alkyl halides is 3. The van der Waals surface area contributed by atoms with Crippen LogP contribution in [-0.2, 0) is 20.9 Å². The summed E-state index contributed by atoms with van der Waals surface area (Å²) in [7, 11) is 0. The predicted molar refractivity (Wildman–Crippen MR) is 87.5 cm³/mol. The second kappa shape index (κ2) is 8.83. The van der Waals surface area contributed by atoms with Gasteiger partial charge in [-0.3, -0.25) is 14.6 Å². The third-order valence-corrected chi connectivity index (χ3v) is 4.00. The van der Waals surface area contributed by atoms with Crippen LogP contribution in [-0.4, -0.2) is 65.0 Å². The minimum absolute atomic E-state index is 0.0485. The van der Waals surface area contributed by atoms with Gasteiger partial charge in [-0.05, 0) is 31.9 Å². The van der Waals surface area contributed by atoms with Crippen molar-refractivity contribution in [2.24, 2.45) is 0 Å². The standard InChI is InChI=1S/C17H20F3N3O4/c1-2-27-15(25)12-5-6-21-13(9-12)10-23(16(26)17(18,19)20)11-14(24)22-7-3-4-8-22/h5-6,9H,2-4,7-8,10-11H2,1H3. The monoisotopic (exact) mass is 387 g/mol. The molecule has 1 saturated heterocycles. The fourth-order valence-electron chi connectivity index (χ4n) is 2.71. The molecule has 0 N–H and O–H groups in total. The Morgan fingerprint density at radius 1 is 1.26 bits per heavy atom. The van der Waals surface area contributed by atoms with Crippen LogP contribution in [0, 0.1) is 0 Å². The lowest BCUT2D eigenvalue weighted by atomic mass is 10.2. The Morgan fingerprint density at radius 2 is 1.93 bits per heavy atom. The lowest BCUT2D eigenvalue weighted by molar-refractivity contribution is -0.187. The van der Waals surface area contributed by atoms with Gasteiger partial charge in [-0.2, -0.15) is 13.2 Å². The maximum atomic E-state index is 12.9. The first-order valence-electron chi connectivity index (χ1n) is 8.48. The summed E-state index contributed by atoms with van der Waals surface area (Å²) >= 11 is 0. The Hall–Kier alpha value is -2.65. The highest BCUT2D eigenvalue weighted by Gasteiger charge is 2.43. The molecule has 0 aromatic carbocycles. The minimum Gasteiger partial charge on any atom is -0.462 e. The van der Waals surface area contributed by atoms with Crippen molar-refractivity contribution in [3.05, 3.63) is 29.6 Å². The molecule has 1 aromatic rings. The average molecular weight is 387 g/mol. The molecule has 10 heteroatoms. The zero-order valence-corrected chi connectivity index (χ0v) is 14.8. The first kappa shape index (κ1) is 20.7. The molecule has 1 aliphatic rings. The molecule has 2 amide bonds. The number of halogens is 3. The number of hydrogen-bond acceptors (Lipinski definition) is 5. The highest BCUT2D eigenvalue weighted by Crippen LogP contribution is 2.20. The molecule has 1 fully saturated rings. The van der Waals surface area contributed by atoms with Crippen LogP contribution in [0.4, 0.5) is 13.2 Å². The van der Waals surface area contributed by atoms with Crippen molar-refractivity contribution in [3.63, 3.8) is 0 Å². The molecular formula is C17H20F3N3O4. The van der Waals surface area contributed by atoms with E-state index in [-0.39, 0.29) is 17.9 Å². The number of esters is 1. The second-order valence-corrected chi connectivity index (χ2v) is 6.00. The quantitative estimate of drug-likeness (QED) is 0.695. The summed E-state index contributed by atoms with van der Waals surface area (Å²) in [6.45, 7) is 1.43. The van der Waals surface area contributed by atoms with Crippen LogP contribution in [0.25, 0.3) is 0 Å². The van der Waals surface area contributed by atoms with Crippen molar-refractivity contribution >= 4 is 17.8 Å². The van der Waals surface area contributed by atoms with Gasteiger partial charge in [0.05, 0.1) is 24.4 Å². The molecule has 2 rings (SSSR count). The topological polar surface area (TPSA) is 79.8 Å². The molecule has 1 aliphatic heterocycles. The van der Waals surface area contributed by atoms with Crippen LogP contribution >= 0.6 is 0 Å². The van der Waals surface area contributed by atoms with E-state index >= 15 is 0 Å². The molecule has 1 aromatic heterocycles. The highest BCUT2D eigenvalue weighted by atomic mass is 19.4. The van der Waals surface area contributed by atoms with Gasteiger partial charge in [-0.15, -0.1) is 0 Å². The van der Waals surface area contributed by atoms with Gasteiger partial charge in [0.2, 0.25) is 5.91 Å². The van der Waals surface area contributed by atoms with Crippen LogP contribution < -0.4 is 0 Å². The molecule has 0 bridgehead atoms. The van der Waals surface area contributed by atoms with Gasteiger partial charge in [0.1, 0.15) is 6.54 Å². The Kier molecular flexibility index (Phi) is 6.75. The van der Waals surface area contributed by atoms with E-state index in [1.165, 1.54) is 23.2 Å². The van der Waals surface area contributed by atoms with Crippen molar-refractivity contribution in [1.29, 1.82) is 0 Å². The SMILES string of the molecule is CCOC(=O)c1ccnc(CN(CC(=O)N2CCCC2)C(=O)C(F)(F)F)c1. The predicted octanol–water partition coefficient (Wildman–Crippen LogP) is 1.77. The first-order valence-corrected chi connectivity index (χ1v) is 8.48. The van der Waals surface area contributed by atoms with E-state index in [0.29, 0.717) is 18.0 Å². The second-order valence-electron chi connectivity index (χ2n) is 6.00. The Bertz CT molecular complexity index is 703. The Labute approximate surface area is 154 Å². The van der Waals surface area contributed by atoms with E-state index in [9.17, 15) is 27.6 Å². The van der Waals surface area contributed by atoms with Gasteiger partial charge in [0.25, 0.3) is 0 Å². The summed E-state index contributed by atoms with van der Waals surface area (Å²) in [4.78, 5) is 41.4. The van der Waals surface area contributed by atoms with Crippen LogP contribution in [0.3, 0.4) is 0 Å². The van der Waals surface area contributed by atoms with Crippen molar-refractivity contribution in [2.45, 2.75) is 32.5 Å². The van der Waals surface area contributed by atoms with Crippen molar-refractivity contribution in [3.8, 4) is 0 Å². The van der Waals surface area contributed by atoms with E-state index in [1.807, 2.05) is 0 Å². The highest BCUT2D eigenvalue weighted by molar-refractivity contribution is 5.89. The summed E-state index contributed by atoms with van der Waals surface area (Å²) in [6.07, 6.45) is -2.33. The lowest BCUT2D eigenvalue weighted by Crippen LogP contribution is -2.46. The number of carbonyl (C=O) groups is 3. The number of hydrogen-bond donors (Lipinski definition) is 0. The van der Waals surface area contributed by atoms with Crippen LogP contribution in [0.15, 0.2) is 18.3 Å². The van der Waals surface area contributed by atoms with Gasteiger partial charge in [-0.1, -0.05) is 0 Å². The number of nitrogens with zero attached hydrogens (tertiary/aromatic N) is 3. The molecule has 0 radical (unpaired) electrons. The molecule has 27 heavy (non-hydrogen) atoms. The Balaban J connectivity index is 2.18. The molecule has 148 valence electrons. The number of aromatic nitrogens is 1. The largest absolute Gasteiger partial charge is 0.471 e. The van der Waals surface area contributed by atoms with Crippen LogP contribution in [0.2, 0.25) is 0 Å². The molecule has 0 spiro atoms. The summed E-state index contributed by atoms with van der Waals surface area (Å²) < 4.78 is 43.6. The van der Waals surface area contributed by atoms with E-state index in [1.54, 1.807) is 6.92 Å². The number of amides is 2. The summed E-state index contributed by atoms with van der Waals surface area (Å²) in [6, 6.07) is 2.60. The van der Waals surface area contributed by atoms with Crippen LogP contribution in [0.1, 0.15) is 35.8 Å². The number of likely N-dealkylation sites (tertiary alicyclic amines) is 1. The molecule has 2 heterocycles. The van der Waals surface area contributed by atoms with Gasteiger partial charge in [0, 0.05) is 19.3 Å². The molecule has 0 unspecified atom stereocenters. The zero-order valence-electron chi connectivity index (χ0n) is 14.8. The first-order chi connectivity index (χ1) is 12.7. The molecule has 0 aliphatic carbocycles. The summed E-state index contributed by atoms with van der Waals surface area (Å²) in [5.41, 5.74) is 0.152. The van der Waals surface area contributed by atoms with Crippen molar-refractivity contribution < 1.29 is 32.3 Å². The fraction of sp³-hybridized carbons (Fsp3) is 0.529. The third kappa shape index (κ3) is 5.66. The van der Waals surface area contributed by atoms with E-state index in [2.05, 4.69) is 4.98 Å². The van der Waals surface area contributed by atoms with Gasteiger partial charge >= 0.3 is 18.1 Å². The number of carbonyl (C=O) groups excluding carboxylic acids is 3. The zero-order chi connectivity index (χ0) is 20.0. The number of ether oxygens (including phenoxy) is 1. The summed E-state index contributed by atoms with van der Waals surface area (Å²) in [5.74, 6) is -3.33. The fourth-order valence-corrected chi connectivity index (χ4v) is 2.71. The normalized spacial score (nSPS) is 14.1. The van der Waals surface area contributed by atoms with E-state index < -0.39 is 37.0 Å². The molecule has 7 nitrogen and oxygen atoms in total. The third-order valence-electron chi connectivity index (χ3n) is 4.00. The average Bonchev–Trinajstić information content (AvgIpc) is 3.15. The molecular weight excluding hydrogens is 367 g/mol. The Morgan fingerprint density at radius 3 is 2.52 bits per heavy atom. The van der Waals surface area contributed by atoms with E-state index in [0.717, 1.165) is 12.8 Å². The maximum Gasteiger partial charge on any atom is 0.471 e. The van der Waals surface area contributed by atoms with Crippen LogP contribution in [0.5, 0.6) is 0 Å². The lowest BCUT2D eigenvalue weighted by Gasteiger charge is -2.25. The van der Waals surface area contributed by atoms with Gasteiger partial charge in [-0.25, -0.2) is 4.79 Å². The summed E-state index contributed by atoms with van der Waals surface area (Å²) in [5, 5.41) is 0. The molecule has 0 atom stereocenters. The number of rotatable bonds is 6. The van der Waals surface area contributed by atoms with Gasteiger partial charge in [0.15, 0.2) is 0 Å². The van der Waals surface area contributed by atoms with E-state index in [4.69, 9.17) is 4.74 Å². The number of pyridine rings is 1. The molecule has 0 saturated carbocycles. The maximum absolute atomic E-state index is 12.9. The van der Waals surface area contributed by atoms with Crippen molar-refractivity contribution in [1.82, 2.24) is 14.8 Å². The van der Waals surface area contributed by atoms with Crippen molar-refractivity contribution in [2.75, 3.05) is 26.2 Å².